The Kier molecular flexibility index (Phi) is 1.63. The summed E-state index contributed by atoms with van der Waals surface area (Å²) in [5.41, 5.74) is 0.639. The number of hydrogen-bond donors (Lipinski definition) is 1. The van der Waals surface area contributed by atoms with Crippen molar-refractivity contribution in [1.29, 1.82) is 0 Å². The van der Waals surface area contributed by atoms with Gasteiger partial charge in [-0.1, -0.05) is 0 Å². The van der Waals surface area contributed by atoms with Crippen molar-refractivity contribution >= 4 is 15.5 Å². The lowest BCUT2D eigenvalue weighted by Crippen LogP contribution is -2.18. The molecule has 1 aliphatic carbocycles. The molecule has 0 aliphatic heterocycles. The Hall–Kier alpha value is -1.40. The second kappa shape index (κ2) is 3.54. The van der Waals surface area contributed by atoms with Crippen LogP contribution in [0.5, 0.6) is 0 Å². The van der Waals surface area contributed by atoms with Crippen LogP contribution in [0.1, 0.15) is 28.7 Å². The maximum atomic E-state index is 11.9. The number of pyridine rings is 1. The number of nitrogens with one attached hydrogen (secondary N) is 1. The molecular weight excluding hydrogens is 238 g/mol. The lowest BCUT2D eigenvalue weighted by atomic mass is 10.4. The zero-order chi connectivity index (χ0) is 14.5. The van der Waals surface area contributed by atoms with Gasteiger partial charge in [0, 0.05) is 16.2 Å². The number of aromatic nitrogens is 2. The number of sulfonamides is 1. The fraction of sp³-hybridized carbons (Fsp3) is 0.364. The van der Waals surface area contributed by atoms with E-state index in [0.29, 0.717) is 11.4 Å². The largest absolute Gasteiger partial charge is 0.303 e. The first-order valence-corrected chi connectivity index (χ1v) is 6.76. The van der Waals surface area contributed by atoms with Gasteiger partial charge >= 0.3 is 0 Å². The zero-order valence-corrected chi connectivity index (χ0v) is 9.74. The van der Waals surface area contributed by atoms with Crippen molar-refractivity contribution in [3.05, 3.63) is 30.4 Å². The van der Waals surface area contributed by atoms with Crippen molar-refractivity contribution < 1.29 is 12.5 Å². The van der Waals surface area contributed by atoms with Gasteiger partial charge < -0.3 is 4.40 Å². The van der Waals surface area contributed by atoms with Crippen LogP contribution in [0.25, 0.3) is 5.52 Å². The van der Waals surface area contributed by atoms with E-state index in [1.807, 2.05) is 4.40 Å². The fourth-order valence-electron chi connectivity index (χ4n) is 1.87. The molecule has 2 aromatic rings. The summed E-state index contributed by atoms with van der Waals surface area (Å²) in [6.07, 6.45) is 5.41. The van der Waals surface area contributed by atoms with Crippen molar-refractivity contribution in [2.45, 2.75) is 23.7 Å². The van der Waals surface area contributed by atoms with E-state index in [1.165, 1.54) is 12.1 Å². The first kappa shape index (κ1) is 7.84. The van der Waals surface area contributed by atoms with Crippen LogP contribution in [0.3, 0.4) is 0 Å². The molecule has 1 N–H and O–H groups in total. The van der Waals surface area contributed by atoms with Crippen molar-refractivity contribution in [3.8, 4) is 0 Å². The summed E-state index contributed by atoms with van der Waals surface area (Å²) in [4.78, 5) is 4.21. The quantitative estimate of drug-likeness (QED) is 0.892. The van der Waals surface area contributed by atoms with Gasteiger partial charge in [-0.05, 0) is 32.0 Å². The van der Waals surface area contributed by atoms with Crippen LogP contribution in [0.2, 0.25) is 0 Å². The first-order chi connectivity index (χ1) is 9.26. The number of fused-ring (bicyclic) bond motifs is 1. The minimum absolute atomic E-state index is 0.0802. The van der Waals surface area contributed by atoms with Gasteiger partial charge in [-0.15, -0.1) is 0 Å². The molecule has 1 aliphatic rings. The summed E-state index contributed by atoms with van der Waals surface area (Å²) in [6.45, 7) is -2.75. The van der Waals surface area contributed by atoms with Crippen LogP contribution < -0.4 is 4.72 Å². The molecule has 5 nitrogen and oxygen atoms in total. The van der Waals surface area contributed by atoms with E-state index < -0.39 is 17.0 Å². The third-order valence-electron chi connectivity index (χ3n) is 2.92. The van der Waals surface area contributed by atoms with Crippen LogP contribution in [0.4, 0.5) is 0 Å². The Balaban J connectivity index is 2.01. The SMILES string of the molecule is [2H]C([2H])([2H])NS(=O)(=O)c1ccn2c(C3CC3)ncc2c1. The molecule has 2 aromatic heterocycles. The molecule has 0 saturated heterocycles. The van der Waals surface area contributed by atoms with E-state index in [0.717, 1.165) is 18.7 Å². The monoisotopic (exact) mass is 254 g/mol. The predicted octanol–water partition coefficient (Wildman–Crippen LogP) is 1.12. The minimum Gasteiger partial charge on any atom is -0.303 e. The van der Waals surface area contributed by atoms with Crippen LogP contribution in [-0.2, 0) is 10.0 Å². The summed E-state index contributed by atoms with van der Waals surface area (Å²) in [5.74, 6) is 1.37. The summed E-state index contributed by atoms with van der Waals surface area (Å²) in [7, 11) is -4.06. The Bertz CT molecular complexity index is 763. The van der Waals surface area contributed by atoms with E-state index in [1.54, 1.807) is 17.1 Å². The van der Waals surface area contributed by atoms with Gasteiger partial charge in [0.25, 0.3) is 0 Å². The van der Waals surface area contributed by atoms with Crippen LogP contribution >= 0.6 is 0 Å². The molecule has 6 heteroatoms. The maximum absolute atomic E-state index is 11.9. The summed E-state index contributed by atoms with van der Waals surface area (Å²) in [6, 6.07) is 2.81. The minimum atomic E-state index is -4.06. The predicted molar refractivity (Wildman–Crippen MR) is 63.4 cm³/mol. The van der Waals surface area contributed by atoms with Crippen molar-refractivity contribution in [3.63, 3.8) is 0 Å². The highest BCUT2D eigenvalue weighted by atomic mass is 32.2. The molecule has 0 unspecified atom stereocenters. The van der Waals surface area contributed by atoms with E-state index in [2.05, 4.69) is 4.98 Å². The van der Waals surface area contributed by atoms with Gasteiger partial charge in [0.2, 0.25) is 10.0 Å². The van der Waals surface area contributed by atoms with Gasteiger partial charge in [0.05, 0.1) is 16.6 Å². The highest BCUT2D eigenvalue weighted by molar-refractivity contribution is 7.89. The summed E-state index contributed by atoms with van der Waals surface area (Å²) >= 11 is 0. The second-order valence-electron chi connectivity index (χ2n) is 4.15. The molecule has 0 amide bonds. The molecule has 0 aromatic carbocycles. The van der Waals surface area contributed by atoms with E-state index in [9.17, 15) is 8.42 Å². The first-order valence-electron chi connectivity index (χ1n) is 6.77. The average Bonchev–Trinajstić information content (AvgIpc) is 3.05. The summed E-state index contributed by atoms with van der Waals surface area (Å²) < 4.78 is 48.4. The Morgan fingerprint density at radius 1 is 1.59 bits per heavy atom. The Morgan fingerprint density at radius 3 is 3.12 bits per heavy atom. The van der Waals surface area contributed by atoms with Crippen LogP contribution in [-0.4, -0.2) is 24.8 Å². The molecular formula is C11H13N3O2S. The van der Waals surface area contributed by atoms with Gasteiger partial charge in [0.15, 0.2) is 0 Å². The molecule has 1 saturated carbocycles. The fourth-order valence-corrected chi connectivity index (χ4v) is 2.50. The summed E-state index contributed by atoms with van der Waals surface area (Å²) in [5, 5.41) is 0. The normalized spacial score (nSPS) is 19.9. The van der Waals surface area contributed by atoms with Crippen molar-refractivity contribution in [2.24, 2.45) is 0 Å². The molecule has 0 atom stereocenters. The Labute approximate surface area is 104 Å². The molecule has 17 heavy (non-hydrogen) atoms. The molecule has 0 radical (unpaired) electrons. The topological polar surface area (TPSA) is 63.5 Å². The number of nitrogens with zero attached hydrogens (tertiary/aromatic N) is 2. The van der Waals surface area contributed by atoms with E-state index >= 15 is 0 Å². The van der Waals surface area contributed by atoms with E-state index in [-0.39, 0.29) is 4.90 Å². The second-order valence-corrected chi connectivity index (χ2v) is 5.84. The molecule has 0 bridgehead atoms. The highest BCUT2D eigenvalue weighted by Crippen LogP contribution is 2.39. The van der Waals surface area contributed by atoms with Gasteiger partial charge in [0.1, 0.15) is 5.82 Å². The Morgan fingerprint density at radius 2 is 2.41 bits per heavy atom. The lowest BCUT2D eigenvalue weighted by molar-refractivity contribution is 0.588. The lowest BCUT2D eigenvalue weighted by Gasteiger charge is -2.04. The van der Waals surface area contributed by atoms with Crippen molar-refractivity contribution in [2.75, 3.05) is 6.98 Å². The van der Waals surface area contributed by atoms with Gasteiger partial charge in [-0.25, -0.2) is 18.1 Å². The van der Waals surface area contributed by atoms with Gasteiger partial charge in [-0.2, -0.15) is 0 Å². The molecule has 1 fully saturated rings. The molecule has 2 heterocycles. The van der Waals surface area contributed by atoms with Crippen LogP contribution in [0.15, 0.2) is 29.4 Å². The number of hydrogen-bond acceptors (Lipinski definition) is 3. The smallest absolute Gasteiger partial charge is 0.240 e. The average molecular weight is 254 g/mol. The molecule has 0 spiro atoms. The maximum Gasteiger partial charge on any atom is 0.240 e. The number of imidazole rings is 1. The molecule has 3 rings (SSSR count). The highest BCUT2D eigenvalue weighted by Gasteiger charge is 2.27. The third kappa shape index (κ3) is 1.73. The van der Waals surface area contributed by atoms with Crippen molar-refractivity contribution in [1.82, 2.24) is 14.1 Å². The van der Waals surface area contributed by atoms with E-state index in [4.69, 9.17) is 4.11 Å². The van der Waals surface area contributed by atoms with Gasteiger partial charge in [-0.3, -0.25) is 0 Å². The molecule has 90 valence electrons. The number of rotatable bonds is 3. The van der Waals surface area contributed by atoms with Crippen LogP contribution in [0, 0.1) is 0 Å². The zero-order valence-electron chi connectivity index (χ0n) is 11.9. The standard InChI is InChI=1S/C11H13N3O2S/c1-12-17(15,16)10-4-5-14-9(6-10)7-13-11(14)8-2-3-8/h4-8,12H,2-3H2,1H3/i1D3. The third-order valence-corrected chi connectivity index (χ3v) is 4.06.